The van der Waals surface area contributed by atoms with Gasteiger partial charge < -0.3 is 10.4 Å². The van der Waals surface area contributed by atoms with Crippen LogP contribution in [0, 0.1) is 5.53 Å². The molecule has 1 fully saturated rings. The summed E-state index contributed by atoms with van der Waals surface area (Å²) >= 11 is 0. The highest BCUT2D eigenvalue weighted by Crippen LogP contribution is 2.18. The first-order valence-corrected chi connectivity index (χ1v) is 3.09. The van der Waals surface area contributed by atoms with Gasteiger partial charge in [-0.2, -0.15) is 5.11 Å². The van der Waals surface area contributed by atoms with Crippen LogP contribution in [0.4, 0.5) is 0 Å². The van der Waals surface area contributed by atoms with E-state index < -0.39 is 12.1 Å². The third-order valence-corrected chi connectivity index (χ3v) is 1.28. The van der Waals surface area contributed by atoms with Gasteiger partial charge in [-0.3, -0.25) is 4.79 Å². The first kappa shape index (κ1) is 7.14. The topological polar surface area (TPSA) is 85.5 Å². The molecule has 1 amide bonds. The molecule has 1 saturated carbocycles. The maximum absolute atomic E-state index is 10.6. The molecule has 0 heterocycles. The quantitative estimate of drug-likeness (QED) is 0.470. The van der Waals surface area contributed by atoms with E-state index in [1.165, 1.54) is 0 Å². The minimum atomic E-state index is -1.51. The Morgan fingerprint density at radius 2 is 2.40 bits per heavy atom. The average molecular weight is 143 g/mol. The van der Waals surface area contributed by atoms with Crippen molar-refractivity contribution in [1.29, 1.82) is 5.53 Å². The second-order valence-electron chi connectivity index (χ2n) is 2.29. The lowest BCUT2D eigenvalue weighted by Crippen LogP contribution is -2.34. The fourth-order valence-electron chi connectivity index (χ4n) is 0.562. The highest BCUT2D eigenvalue weighted by atomic mass is 16.3. The summed E-state index contributed by atoms with van der Waals surface area (Å²) in [5.74, 6) is -0.572. The molecule has 1 rings (SSSR count). The lowest BCUT2D eigenvalue weighted by molar-refractivity contribution is -0.129. The van der Waals surface area contributed by atoms with Gasteiger partial charge in [-0.25, -0.2) is 5.53 Å². The summed E-state index contributed by atoms with van der Waals surface area (Å²) in [5.41, 5.74) is 6.32. The van der Waals surface area contributed by atoms with Crippen molar-refractivity contribution in [3.05, 3.63) is 0 Å². The van der Waals surface area contributed by atoms with Gasteiger partial charge >= 0.3 is 0 Å². The Hall–Kier alpha value is -0.970. The normalized spacial score (nSPS) is 19.7. The Bertz CT molecular complexity index is 155. The van der Waals surface area contributed by atoms with E-state index in [2.05, 4.69) is 10.4 Å². The van der Waals surface area contributed by atoms with Crippen LogP contribution in [0.5, 0.6) is 0 Å². The van der Waals surface area contributed by atoms with Crippen LogP contribution in [-0.4, -0.2) is 23.3 Å². The minimum Gasteiger partial charge on any atom is -0.363 e. The van der Waals surface area contributed by atoms with Gasteiger partial charge in [-0.05, 0) is 12.8 Å². The average Bonchev–Trinajstić information content (AvgIpc) is 2.70. The number of hydrogen-bond acceptors (Lipinski definition) is 4. The Kier molecular flexibility index (Phi) is 1.96. The number of hydrogen-bond donors (Lipinski definition) is 3. The number of aliphatic hydroxyl groups excluding tert-OH is 1. The number of rotatable bonds is 3. The van der Waals surface area contributed by atoms with E-state index in [0.29, 0.717) is 0 Å². The van der Waals surface area contributed by atoms with Crippen LogP contribution in [0.1, 0.15) is 12.8 Å². The van der Waals surface area contributed by atoms with Crippen LogP contribution in [0.2, 0.25) is 0 Å². The number of aliphatic hydroxyl groups is 1. The molecule has 0 aromatic carbocycles. The zero-order chi connectivity index (χ0) is 7.56. The van der Waals surface area contributed by atoms with Crippen LogP contribution in [0.25, 0.3) is 0 Å². The molecule has 0 radical (unpaired) electrons. The number of carbonyl (C=O) groups excluding carboxylic acids is 1. The number of carbonyl (C=O) groups is 1. The van der Waals surface area contributed by atoms with Gasteiger partial charge in [0.25, 0.3) is 5.91 Å². The third-order valence-electron chi connectivity index (χ3n) is 1.28. The molecule has 10 heavy (non-hydrogen) atoms. The summed E-state index contributed by atoms with van der Waals surface area (Å²) in [6.07, 6.45) is 0.424. The second-order valence-corrected chi connectivity index (χ2v) is 2.29. The van der Waals surface area contributed by atoms with Gasteiger partial charge in [-0.15, -0.1) is 0 Å². The van der Waals surface area contributed by atoms with E-state index in [9.17, 15) is 4.79 Å². The van der Waals surface area contributed by atoms with Crippen molar-refractivity contribution < 1.29 is 9.90 Å². The molecular weight excluding hydrogens is 134 g/mol. The fraction of sp³-hybridized carbons (Fsp3) is 0.800. The Labute approximate surface area is 57.9 Å². The van der Waals surface area contributed by atoms with Gasteiger partial charge in [-0.1, -0.05) is 0 Å². The molecule has 0 saturated heterocycles. The molecule has 5 heteroatoms. The molecule has 0 aromatic rings. The first-order chi connectivity index (χ1) is 4.74. The van der Waals surface area contributed by atoms with E-state index in [-0.39, 0.29) is 6.04 Å². The zero-order valence-corrected chi connectivity index (χ0v) is 5.37. The number of nitrogens with zero attached hydrogens (tertiary/aromatic N) is 1. The van der Waals surface area contributed by atoms with E-state index in [0.717, 1.165) is 12.8 Å². The molecule has 1 atom stereocenters. The molecule has 0 aromatic heterocycles. The number of nitrogens with one attached hydrogen (secondary N) is 2. The lowest BCUT2D eigenvalue weighted by atomic mass is 10.5. The van der Waals surface area contributed by atoms with Gasteiger partial charge in [0.05, 0.1) is 0 Å². The van der Waals surface area contributed by atoms with Gasteiger partial charge in [0, 0.05) is 6.04 Å². The first-order valence-electron chi connectivity index (χ1n) is 3.09. The molecule has 0 spiro atoms. The maximum Gasteiger partial charge on any atom is 0.273 e. The standard InChI is InChI=1S/C5H9N3O2/c6-8-5(10)4(9)7-3-1-2-3/h3,5-6,10H,1-2H2,(H,7,9). The third kappa shape index (κ3) is 1.77. The van der Waals surface area contributed by atoms with Crippen molar-refractivity contribution in [2.45, 2.75) is 25.1 Å². The van der Waals surface area contributed by atoms with E-state index in [1.807, 2.05) is 0 Å². The Morgan fingerprint density at radius 3 is 2.80 bits per heavy atom. The van der Waals surface area contributed by atoms with E-state index in [4.69, 9.17) is 10.6 Å². The smallest absolute Gasteiger partial charge is 0.273 e. The Balaban J connectivity index is 2.24. The summed E-state index contributed by atoms with van der Waals surface area (Å²) < 4.78 is 0. The summed E-state index contributed by atoms with van der Waals surface area (Å²) in [6, 6.07) is 0.212. The van der Waals surface area contributed by atoms with Crippen molar-refractivity contribution in [1.82, 2.24) is 5.32 Å². The largest absolute Gasteiger partial charge is 0.363 e. The summed E-state index contributed by atoms with van der Waals surface area (Å²) in [4.78, 5) is 10.6. The van der Waals surface area contributed by atoms with Crippen LogP contribution < -0.4 is 5.32 Å². The fourth-order valence-corrected chi connectivity index (χ4v) is 0.562. The maximum atomic E-state index is 10.6. The molecule has 0 aliphatic heterocycles. The molecule has 5 nitrogen and oxygen atoms in total. The monoisotopic (exact) mass is 143 g/mol. The van der Waals surface area contributed by atoms with Crippen molar-refractivity contribution in [2.75, 3.05) is 0 Å². The predicted octanol–water partition coefficient (Wildman–Crippen LogP) is -0.386. The van der Waals surface area contributed by atoms with Crippen molar-refractivity contribution >= 4 is 5.91 Å². The number of amides is 1. The summed E-state index contributed by atoms with van der Waals surface area (Å²) in [5, 5.41) is 13.8. The molecule has 56 valence electrons. The van der Waals surface area contributed by atoms with Crippen LogP contribution in [0.15, 0.2) is 5.11 Å². The molecule has 0 bridgehead atoms. The predicted molar refractivity (Wildman–Crippen MR) is 32.3 cm³/mol. The summed E-state index contributed by atoms with van der Waals surface area (Å²) in [6.45, 7) is 0. The minimum absolute atomic E-state index is 0.212. The van der Waals surface area contributed by atoms with E-state index >= 15 is 0 Å². The van der Waals surface area contributed by atoms with Crippen LogP contribution in [-0.2, 0) is 4.79 Å². The van der Waals surface area contributed by atoms with Gasteiger partial charge in [0.15, 0.2) is 0 Å². The van der Waals surface area contributed by atoms with Crippen molar-refractivity contribution in [3.8, 4) is 0 Å². The SMILES string of the molecule is N=NC(O)C(=O)NC1CC1. The molecule has 3 N–H and O–H groups in total. The molecule has 1 aliphatic rings. The van der Waals surface area contributed by atoms with Gasteiger partial charge in [0.2, 0.25) is 6.23 Å². The van der Waals surface area contributed by atoms with Crippen LogP contribution >= 0.6 is 0 Å². The van der Waals surface area contributed by atoms with E-state index in [1.54, 1.807) is 0 Å². The highest BCUT2D eigenvalue weighted by Gasteiger charge is 2.25. The Morgan fingerprint density at radius 1 is 1.80 bits per heavy atom. The second kappa shape index (κ2) is 2.74. The lowest BCUT2D eigenvalue weighted by Gasteiger charge is -2.02. The molecular formula is C5H9N3O2. The van der Waals surface area contributed by atoms with Crippen molar-refractivity contribution in [2.24, 2.45) is 5.11 Å². The molecule has 1 unspecified atom stereocenters. The highest BCUT2D eigenvalue weighted by molar-refractivity contribution is 5.80. The van der Waals surface area contributed by atoms with Crippen LogP contribution in [0.3, 0.4) is 0 Å². The van der Waals surface area contributed by atoms with Crippen molar-refractivity contribution in [3.63, 3.8) is 0 Å². The molecule has 1 aliphatic carbocycles. The zero-order valence-electron chi connectivity index (χ0n) is 5.37. The van der Waals surface area contributed by atoms with Gasteiger partial charge in [0.1, 0.15) is 0 Å². The summed E-state index contributed by atoms with van der Waals surface area (Å²) in [7, 11) is 0.